The van der Waals surface area contributed by atoms with Crippen molar-refractivity contribution in [1.29, 1.82) is 0 Å². The van der Waals surface area contributed by atoms with Gasteiger partial charge in [0.05, 0.1) is 25.9 Å². The minimum absolute atomic E-state index is 0.0556. The van der Waals surface area contributed by atoms with Gasteiger partial charge in [-0.1, -0.05) is 18.2 Å². The molecule has 2 N–H and O–H groups in total. The van der Waals surface area contributed by atoms with E-state index in [2.05, 4.69) is 15.7 Å². The zero-order valence-electron chi connectivity index (χ0n) is 15.9. The largest absolute Gasteiger partial charge is 0.497 e. The molecule has 0 spiro atoms. The molecule has 0 unspecified atom stereocenters. The number of benzene rings is 1. The van der Waals surface area contributed by atoms with Crippen LogP contribution in [0.3, 0.4) is 0 Å². The first-order valence-electron chi connectivity index (χ1n) is 9.22. The van der Waals surface area contributed by atoms with Crippen molar-refractivity contribution in [2.45, 2.75) is 31.2 Å². The van der Waals surface area contributed by atoms with E-state index in [4.69, 9.17) is 4.74 Å². The molecule has 4 rings (SSSR count). The van der Waals surface area contributed by atoms with E-state index in [9.17, 15) is 18.0 Å². The average molecular weight is 436 g/mol. The fourth-order valence-electron chi connectivity index (χ4n) is 3.48. The number of ether oxygens (including phenoxy) is 1. The van der Waals surface area contributed by atoms with Gasteiger partial charge < -0.3 is 15.4 Å². The standard InChI is InChI=1S/C20H19F3N4O2S/c1-29-13-5-2-4-12(8-13)16-9-17(20(21,22)23)27-18(26-16)15(11-25-27)19(28)24-10-14-6-3-7-30-14/h2-8,11,16-17,26H,9-10H2,1H3,(H,24,28)/t16-,17-/m1/s1. The highest BCUT2D eigenvalue weighted by molar-refractivity contribution is 7.09. The quantitative estimate of drug-likeness (QED) is 0.616. The summed E-state index contributed by atoms with van der Waals surface area (Å²) < 4.78 is 47.4. The van der Waals surface area contributed by atoms with Crippen LogP contribution < -0.4 is 15.4 Å². The maximum Gasteiger partial charge on any atom is 0.410 e. The summed E-state index contributed by atoms with van der Waals surface area (Å²) in [6.07, 6.45) is -3.58. The van der Waals surface area contributed by atoms with E-state index in [-0.39, 0.29) is 17.8 Å². The molecule has 158 valence electrons. The Morgan fingerprint density at radius 3 is 2.90 bits per heavy atom. The Balaban J connectivity index is 1.65. The lowest BCUT2D eigenvalue weighted by Gasteiger charge is -2.34. The Kier molecular flexibility index (Phi) is 5.42. The molecule has 1 aromatic carbocycles. The number of rotatable bonds is 5. The van der Waals surface area contributed by atoms with E-state index < -0.39 is 24.2 Å². The third kappa shape index (κ3) is 4.00. The van der Waals surface area contributed by atoms with Crippen LogP contribution in [0.2, 0.25) is 0 Å². The van der Waals surface area contributed by atoms with Gasteiger partial charge in [-0.25, -0.2) is 4.68 Å². The van der Waals surface area contributed by atoms with Crippen molar-refractivity contribution >= 4 is 23.1 Å². The Morgan fingerprint density at radius 1 is 1.37 bits per heavy atom. The molecule has 2 aromatic heterocycles. The molecule has 1 aliphatic heterocycles. The first kappa shape index (κ1) is 20.3. The number of hydrogen-bond acceptors (Lipinski definition) is 5. The molecule has 0 saturated heterocycles. The number of nitrogens with one attached hydrogen (secondary N) is 2. The average Bonchev–Trinajstić information content (AvgIpc) is 3.40. The lowest BCUT2D eigenvalue weighted by Crippen LogP contribution is -2.36. The molecular weight excluding hydrogens is 417 g/mol. The number of nitrogens with zero attached hydrogens (tertiary/aromatic N) is 2. The monoisotopic (exact) mass is 436 g/mol. The summed E-state index contributed by atoms with van der Waals surface area (Å²) >= 11 is 1.48. The molecule has 3 aromatic rings. The lowest BCUT2D eigenvalue weighted by molar-refractivity contribution is -0.173. The van der Waals surface area contributed by atoms with Gasteiger partial charge in [0, 0.05) is 11.3 Å². The highest BCUT2D eigenvalue weighted by atomic mass is 32.1. The predicted octanol–water partition coefficient (Wildman–Crippen LogP) is 4.54. The molecule has 2 atom stereocenters. The van der Waals surface area contributed by atoms with E-state index in [1.165, 1.54) is 24.6 Å². The van der Waals surface area contributed by atoms with E-state index in [1.54, 1.807) is 24.3 Å². The molecule has 0 aliphatic carbocycles. The molecular formula is C20H19F3N4O2S. The molecule has 0 radical (unpaired) electrons. The Hall–Kier alpha value is -3.01. The molecule has 0 saturated carbocycles. The topological polar surface area (TPSA) is 68.2 Å². The zero-order chi connectivity index (χ0) is 21.3. The van der Waals surface area contributed by atoms with E-state index in [0.29, 0.717) is 17.9 Å². The highest BCUT2D eigenvalue weighted by Crippen LogP contribution is 2.44. The van der Waals surface area contributed by atoms with Gasteiger partial charge in [0.15, 0.2) is 6.04 Å². The number of fused-ring (bicyclic) bond motifs is 1. The van der Waals surface area contributed by atoms with Crippen molar-refractivity contribution in [3.8, 4) is 5.75 Å². The minimum Gasteiger partial charge on any atom is -0.497 e. The van der Waals surface area contributed by atoms with Crippen molar-refractivity contribution in [2.24, 2.45) is 0 Å². The smallest absolute Gasteiger partial charge is 0.410 e. The first-order chi connectivity index (χ1) is 14.4. The third-order valence-electron chi connectivity index (χ3n) is 4.98. The Labute approximate surface area is 174 Å². The number of hydrogen-bond donors (Lipinski definition) is 2. The normalized spacial score (nSPS) is 18.4. The summed E-state index contributed by atoms with van der Waals surface area (Å²) in [5, 5.41) is 11.6. The minimum atomic E-state index is -4.51. The van der Waals surface area contributed by atoms with E-state index >= 15 is 0 Å². The number of halogens is 3. The lowest BCUT2D eigenvalue weighted by atomic mass is 9.96. The summed E-state index contributed by atoms with van der Waals surface area (Å²) in [5.41, 5.74) is 0.717. The van der Waals surface area contributed by atoms with Gasteiger partial charge in [0.1, 0.15) is 17.1 Å². The molecule has 0 fully saturated rings. The molecule has 1 amide bonds. The van der Waals surface area contributed by atoms with Crippen LogP contribution in [0.25, 0.3) is 0 Å². The van der Waals surface area contributed by atoms with Crippen molar-refractivity contribution < 1.29 is 22.7 Å². The maximum absolute atomic E-state index is 13.8. The summed E-state index contributed by atoms with van der Waals surface area (Å²) in [7, 11) is 1.50. The number of methoxy groups -OCH3 is 1. The van der Waals surface area contributed by atoms with Gasteiger partial charge in [-0.3, -0.25) is 4.79 Å². The summed E-state index contributed by atoms with van der Waals surface area (Å²) in [6, 6.07) is 8.10. The third-order valence-corrected chi connectivity index (χ3v) is 5.86. The van der Waals surface area contributed by atoms with Crippen LogP contribution in [0.5, 0.6) is 5.75 Å². The second kappa shape index (κ2) is 8.02. The summed E-state index contributed by atoms with van der Waals surface area (Å²) in [4.78, 5) is 13.6. The van der Waals surface area contributed by atoms with Crippen LogP contribution >= 0.6 is 11.3 Å². The van der Waals surface area contributed by atoms with Gasteiger partial charge >= 0.3 is 6.18 Å². The van der Waals surface area contributed by atoms with Crippen molar-refractivity contribution in [3.05, 3.63) is 64.0 Å². The maximum atomic E-state index is 13.8. The number of thiophene rings is 1. The summed E-state index contributed by atoms with van der Waals surface area (Å²) in [5.74, 6) is 0.121. The molecule has 30 heavy (non-hydrogen) atoms. The molecule has 1 aliphatic rings. The van der Waals surface area contributed by atoms with Gasteiger partial charge in [-0.2, -0.15) is 18.3 Å². The Bertz CT molecular complexity index is 1030. The van der Waals surface area contributed by atoms with Crippen molar-refractivity contribution in [2.75, 3.05) is 12.4 Å². The SMILES string of the molecule is COc1cccc([C@H]2C[C@H](C(F)(F)F)n3ncc(C(=O)NCc4cccs4)c3N2)c1. The van der Waals surface area contributed by atoms with Crippen LogP contribution in [0.1, 0.15) is 39.3 Å². The van der Waals surface area contributed by atoms with Gasteiger partial charge in [-0.15, -0.1) is 11.3 Å². The van der Waals surface area contributed by atoms with Crippen molar-refractivity contribution in [1.82, 2.24) is 15.1 Å². The predicted molar refractivity (Wildman–Crippen MR) is 107 cm³/mol. The number of amides is 1. The van der Waals surface area contributed by atoms with E-state index in [1.807, 2.05) is 17.5 Å². The molecule has 6 nitrogen and oxygen atoms in total. The van der Waals surface area contributed by atoms with Crippen LogP contribution in [-0.4, -0.2) is 29.0 Å². The number of alkyl halides is 3. The van der Waals surface area contributed by atoms with Crippen molar-refractivity contribution in [3.63, 3.8) is 0 Å². The second-order valence-corrected chi connectivity index (χ2v) is 7.91. The number of carbonyl (C=O) groups is 1. The van der Waals surface area contributed by atoms with E-state index in [0.717, 1.165) is 9.56 Å². The number of aromatic nitrogens is 2. The second-order valence-electron chi connectivity index (χ2n) is 6.88. The zero-order valence-corrected chi connectivity index (χ0v) is 16.8. The van der Waals surface area contributed by atoms with Crippen LogP contribution in [0.15, 0.2) is 48.0 Å². The number of anilines is 1. The molecule has 10 heteroatoms. The summed E-state index contributed by atoms with van der Waals surface area (Å²) in [6.45, 7) is 0.295. The molecule has 3 heterocycles. The number of carbonyl (C=O) groups excluding carboxylic acids is 1. The van der Waals surface area contributed by atoms with Crippen LogP contribution in [0.4, 0.5) is 19.0 Å². The van der Waals surface area contributed by atoms with Gasteiger partial charge in [0.25, 0.3) is 5.91 Å². The van der Waals surface area contributed by atoms with Crippen LogP contribution in [0, 0.1) is 0 Å². The van der Waals surface area contributed by atoms with Crippen LogP contribution in [-0.2, 0) is 6.54 Å². The molecule has 0 bridgehead atoms. The fourth-order valence-corrected chi connectivity index (χ4v) is 4.13. The highest BCUT2D eigenvalue weighted by Gasteiger charge is 2.47. The first-order valence-corrected chi connectivity index (χ1v) is 10.1. The van der Waals surface area contributed by atoms with Gasteiger partial charge in [0.2, 0.25) is 0 Å². The fraction of sp³-hybridized carbons (Fsp3) is 0.300. The van der Waals surface area contributed by atoms with Gasteiger partial charge in [-0.05, 0) is 29.1 Å². The Morgan fingerprint density at radius 2 is 2.20 bits per heavy atom.